The van der Waals surface area contributed by atoms with E-state index in [1.165, 1.54) is 13.2 Å². The van der Waals surface area contributed by atoms with Crippen molar-refractivity contribution in [3.63, 3.8) is 0 Å². The Labute approximate surface area is 141 Å². The Hall–Kier alpha value is -0.440. The SMILES string of the molecule is COC(=O)C(NS(=O)(=O)c1cc(Br)c(C)cc1Br)C(C)C. The van der Waals surface area contributed by atoms with Gasteiger partial charge in [0, 0.05) is 8.95 Å². The maximum atomic E-state index is 12.5. The molecule has 0 heterocycles. The third kappa shape index (κ3) is 4.51. The first-order valence-electron chi connectivity index (χ1n) is 6.16. The number of nitrogens with one attached hydrogen (secondary N) is 1. The molecule has 0 fully saturated rings. The lowest BCUT2D eigenvalue weighted by Gasteiger charge is -2.20. The number of hydrogen-bond acceptors (Lipinski definition) is 4. The molecule has 0 radical (unpaired) electrons. The fourth-order valence-electron chi connectivity index (χ4n) is 1.65. The van der Waals surface area contributed by atoms with Crippen LogP contribution in [0.2, 0.25) is 0 Å². The quantitative estimate of drug-likeness (QED) is 0.711. The molecule has 118 valence electrons. The molecule has 0 aliphatic heterocycles. The molecule has 1 aromatic rings. The molecule has 0 spiro atoms. The van der Waals surface area contributed by atoms with E-state index in [-0.39, 0.29) is 10.8 Å². The van der Waals surface area contributed by atoms with Crippen molar-refractivity contribution in [2.45, 2.75) is 31.7 Å². The van der Waals surface area contributed by atoms with E-state index >= 15 is 0 Å². The maximum absolute atomic E-state index is 12.5. The van der Waals surface area contributed by atoms with Crippen molar-refractivity contribution in [1.82, 2.24) is 4.72 Å². The number of halogens is 2. The first-order chi connectivity index (χ1) is 9.60. The van der Waals surface area contributed by atoms with Crippen molar-refractivity contribution in [3.05, 3.63) is 26.6 Å². The van der Waals surface area contributed by atoms with Gasteiger partial charge < -0.3 is 4.74 Å². The maximum Gasteiger partial charge on any atom is 0.324 e. The average Bonchev–Trinajstić information content (AvgIpc) is 2.38. The Bertz CT molecular complexity index is 644. The first kappa shape index (κ1) is 18.6. The largest absolute Gasteiger partial charge is 0.468 e. The summed E-state index contributed by atoms with van der Waals surface area (Å²) in [6, 6.07) is 2.25. The zero-order valence-electron chi connectivity index (χ0n) is 12.1. The van der Waals surface area contributed by atoms with Crippen LogP contribution in [0, 0.1) is 12.8 Å². The van der Waals surface area contributed by atoms with E-state index in [0.717, 1.165) is 5.56 Å². The molecule has 0 saturated carbocycles. The molecule has 1 aromatic carbocycles. The molecule has 0 bridgehead atoms. The zero-order chi connectivity index (χ0) is 16.4. The Morgan fingerprint density at radius 3 is 2.29 bits per heavy atom. The van der Waals surface area contributed by atoms with Gasteiger partial charge in [-0.05, 0) is 46.5 Å². The highest BCUT2D eigenvalue weighted by molar-refractivity contribution is 9.11. The highest BCUT2D eigenvalue weighted by Gasteiger charge is 2.30. The number of benzene rings is 1. The summed E-state index contributed by atoms with van der Waals surface area (Å²) < 4.78 is 33.1. The highest BCUT2D eigenvalue weighted by atomic mass is 79.9. The normalized spacial score (nSPS) is 13.3. The minimum absolute atomic E-state index is 0.0644. The molecule has 5 nitrogen and oxygen atoms in total. The molecule has 1 unspecified atom stereocenters. The van der Waals surface area contributed by atoms with E-state index in [9.17, 15) is 13.2 Å². The smallest absolute Gasteiger partial charge is 0.324 e. The van der Waals surface area contributed by atoms with Crippen molar-refractivity contribution < 1.29 is 17.9 Å². The molecule has 1 rings (SSSR count). The van der Waals surface area contributed by atoms with Crippen molar-refractivity contribution in [2.75, 3.05) is 7.11 Å². The van der Waals surface area contributed by atoms with E-state index in [0.29, 0.717) is 8.95 Å². The van der Waals surface area contributed by atoms with Crippen LogP contribution >= 0.6 is 31.9 Å². The van der Waals surface area contributed by atoms with Crippen LogP contribution in [-0.2, 0) is 19.6 Å². The topological polar surface area (TPSA) is 72.5 Å². The number of esters is 1. The van der Waals surface area contributed by atoms with Gasteiger partial charge in [0.15, 0.2) is 0 Å². The second-order valence-corrected chi connectivity index (χ2v) is 8.29. The van der Waals surface area contributed by atoms with Gasteiger partial charge in [-0.25, -0.2) is 8.42 Å². The minimum Gasteiger partial charge on any atom is -0.468 e. The highest BCUT2D eigenvalue weighted by Crippen LogP contribution is 2.29. The molecule has 21 heavy (non-hydrogen) atoms. The van der Waals surface area contributed by atoms with Crippen molar-refractivity contribution in [1.29, 1.82) is 0 Å². The Kier molecular flexibility index (Phi) is 6.39. The summed E-state index contributed by atoms with van der Waals surface area (Å²) in [5.41, 5.74) is 0.897. The third-order valence-corrected chi connectivity index (χ3v) is 6.16. The Morgan fingerprint density at radius 1 is 1.24 bits per heavy atom. The van der Waals surface area contributed by atoms with Gasteiger partial charge in [-0.3, -0.25) is 4.79 Å². The number of sulfonamides is 1. The van der Waals surface area contributed by atoms with Gasteiger partial charge in [0.2, 0.25) is 10.0 Å². The monoisotopic (exact) mass is 441 g/mol. The summed E-state index contributed by atoms with van der Waals surface area (Å²) in [6.45, 7) is 5.33. The fourth-order valence-corrected chi connectivity index (χ4v) is 4.66. The summed E-state index contributed by atoms with van der Waals surface area (Å²) >= 11 is 6.55. The van der Waals surface area contributed by atoms with Crippen LogP contribution in [0.4, 0.5) is 0 Å². The van der Waals surface area contributed by atoms with Crippen LogP contribution in [0.3, 0.4) is 0 Å². The number of rotatable bonds is 5. The van der Waals surface area contributed by atoms with E-state index < -0.39 is 22.0 Å². The molecule has 0 amide bonds. The second-order valence-electron chi connectivity index (χ2n) is 4.90. The van der Waals surface area contributed by atoms with Gasteiger partial charge >= 0.3 is 5.97 Å². The van der Waals surface area contributed by atoms with Crippen molar-refractivity contribution in [2.24, 2.45) is 5.92 Å². The van der Waals surface area contributed by atoms with Crippen LogP contribution in [0.25, 0.3) is 0 Å². The van der Waals surface area contributed by atoms with Gasteiger partial charge in [-0.1, -0.05) is 29.8 Å². The van der Waals surface area contributed by atoms with Gasteiger partial charge in [0.25, 0.3) is 0 Å². The molecular formula is C13H17Br2NO4S. The third-order valence-electron chi connectivity index (χ3n) is 2.91. The molecule has 0 aliphatic rings. The minimum atomic E-state index is -3.86. The number of carbonyl (C=O) groups excluding carboxylic acids is 1. The summed E-state index contributed by atoms with van der Waals surface area (Å²) in [6.07, 6.45) is 0. The van der Waals surface area contributed by atoms with E-state index in [1.54, 1.807) is 19.9 Å². The molecule has 1 N–H and O–H groups in total. The number of carbonyl (C=O) groups is 1. The van der Waals surface area contributed by atoms with Gasteiger partial charge in [-0.2, -0.15) is 4.72 Å². The number of ether oxygens (including phenoxy) is 1. The van der Waals surface area contributed by atoms with Gasteiger partial charge in [-0.15, -0.1) is 0 Å². The number of hydrogen-bond donors (Lipinski definition) is 1. The molecule has 0 saturated heterocycles. The summed E-state index contributed by atoms with van der Waals surface area (Å²) in [7, 11) is -2.63. The van der Waals surface area contributed by atoms with E-state index in [4.69, 9.17) is 0 Å². The standard InChI is InChI=1S/C13H17Br2NO4S/c1-7(2)12(13(17)20-4)16-21(18,19)11-6-9(14)8(3)5-10(11)15/h5-7,12,16H,1-4H3. The Morgan fingerprint density at radius 2 is 1.81 bits per heavy atom. The predicted molar refractivity (Wildman–Crippen MR) is 87.5 cm³/mol. The molecule has 0 aliphatic carbocycles. The average molecular weight is 443 g/mol. The first-order valence-corrected chi connectivity index (χ1v) is 9.23. The van der Waals surface area contributed by atoms with Crippen LogP contribution < -0.4 is 4.72 Å². The Balaban J connectivity index is 3.23. The fraction of sp³-hybridized carbons (Fsp3) is 0.462. The lowest BCUT2D eigenvalue weighted by Crippen LogP contribution is -2.45. The summed E-state index contributed by atoms with van der Waals surface area (Å²) in [4.78, 5) is 11.8. The summed E-state index contributed by atoms with van der Waals surface area (Å²) in [5, 5.41) is 0. The molecular weight excluding hydrogens is 426 g/mol. The van der Waals surface area contributed by atoms with E-state index in [2.05, 4.69) is 41.3 Å². The van der Waals surface area contributed by atoms with Crippen LogP contribution in [0.15, 0.2) is 26.0 Å². The van der Waals surface area contributed by atoms with Crippen molar-refractivity contribution in [3.8, 4) is 0 Å². The summed E-state index contributed by atoms with van der Waals surface area (Å²) in [5.74, 6) is -0.851. The zero-order valence-corrected chi connectivity index (χ0v) is 16.1. The second kappa shape index (κ2) is 7.21. The van der Waals surface area contributed by atoms with Crippen LogP contribution in [-0.4, -0.2) is 27.5 Å². The predicted octanol–water partition coefficient (Wildman–Crippen LogP) is 3.00. The van der Waals surface area contributed by atoms with Gasteiger partial charge in [0.1, 0.15) is 6.04 Å². The molecule has 1 atom stereocenters. The lowest BCUT2D eigenvalue weighted by molar-refractivity contribution is -0.143. The molecule has 8 heteroatoms. The van der Waals surface area contributed by atoms with Crippen LogP contribution in [0.1, 0.15) is 19.4 Å². The van der Waals surface area contributed by atoms with Crippen molar-refractivity contribution >= 4 is 47.9 Å². The van der Waals surface area contributed by atoms with Crippen LogP contribution in [0.5, 0.6) is 0 Å². The van der Waals surface area contributed by atoms with Gasteiger partial charge in [0.05, 0.1) is 12.0 Å². The number of methoxy groups -OCH3 is 1. The molecule has 0 aromatic heterocycles. The lowest BCUT2D eigenvalue weighted by atomic mass is 10.1. The number of aryl methyl sites for hydroxylation is 1. The van der Waals surface area contributed by atoms with E-state index in [1.807, 2.05) is 6.92 Å².